The SMILES string of the molecule is Cc1ccc(Nc2cnnc(NC(C)C)n2)c(C)c1. The summed E-state index contributed by atoms with van der Waals surface area (Å²) >= 11 is 0. The number of hydrogen-bond donors (Lipinski definition) is 2. The van der Waals surface area contributed by atoms with Crippen molar-refractivity contribution < 1.29 is 0 Å². The molecule has 0 saturated heterocycles. The van der Waals surface area contributed by atoms with E-state index in [0.29, 0.717) is 11.8 Å². The van der Waals surface area contributed by atoms with Crippen LogP contribution in [0.25, 0.3) is 0 Å². The summed E-state index contributed by atoms with van der Waals surface area (Å²) in [6.07, 6.45) is 1.62. The Balaban J connectivity index is 2.18. The average molecular weight is 257 g/mol. The highest BCUT2D eigenvalue weighted by atomic mass is 15.3. The fraction of sp³-hybridized carbons (Fsp3) is 0.357. The fourth-order valence-corrected chi connectivity index (χ4v) is 1.77. The molecule has 1 heterocycles. The monoisotopic (exact) mass is 257 g/mol. The Kier molecular flexibility index (Phi) is 3.94. The van der Waals surface area contributed by atoms with Gasteiger partial charge in [-0.1, -0.05) is 17.7 Å². The third kappa shape index (κ3) is 3.64. The van der Waals surface area contributed by atoms with Gasteiger partial charge in [-0.25, -0.2) is 0 Å². The third-order valence-electron chi connectivity index (χ3n) is 2.62. The van der Waals surface area contributed by atoms with Crippen molar-refractivity contribution in [3.8, 4) is 0 Å². The first-order valence-corrected chi connectivity index (χ1v) is 6.35. The number of hydrogen-bond acceptors (Lipinski definition) is 5. The Morgan fingerprint density at radius 2 is 1.95 bits per heavy atom. The van der Waals surface area contributed by atoms with E-state index in [1.54, 1.807) is 6.20 Å². The average Bonchev–Trinajstić information content (AvgIpc) is 2.32. The summed E-state index contributed by atoms with van der Waals surface area (Å²) in [5.74, 6) is 1.22. The molecule has 0 unspecified atom stereocenters. The molecule has 0 amide bonds. The maximum Gasteiger partial charge on any atom is 0.244 e. The van der Waals surface area contributed by atoms with Gasteiger partial charge in [-0.3, -0.25) is 0 Å². The van der Waals surface area contributed by atoms with Crippen molar-refractivity contribution >= 4 is 17.5 Å². The molecule has 1 aromatic heterocycles. The summed E-state index contributed by atoms with van der Waals surface area (Å²) in [4.78, 5) is 4.38. The lowest BCUT2D eigenvalue weighted by molar-refractivity contribution is 0.852. The second-order valence-electron chi connectivity index (χ2n) is 4.91. The molecule has 0 fully saturated rings. The van der Waals surface area contributed by atoms with E-state index in [1.807, 2.05) is 19.9 Å². The Morgan fingerprint density at radius 1 is 1.16 bits per heavy atom. The van der Waals surface area contributed by atoms with Gasteiger partial charge in [0.05, 0.1) is 6.20 Å². The summed E-state index contributed by atoms with van der Waals surface area (Å²) in [6.45, 7) is 8.21. The van der Waals surface area contributed by atoms with Crippen molar-refractivity contribution in [2.24, 2.45) is 0 Å². The van der Waals surface area contributed by atoms with E-state index < -0.39 is 0 Å². The van der Waals surface area contributed by atoms with Crippen LogP contribution in [-0.2, 0) is 0 Å². The van der Waals surface area contributed by atoms with Gasteiger partial charge in [0, 0.05) is 11.7 Å². The smallest absolute Gasteiger partial charge is 0.244 e. The van der Waals surface area contributed by atoms with Gasteiger partial charge in [0.1, 0.15) is 0 Å². The Hall–Kier alpha value is -2.17. The maximum atomic E-state index is 4.38. The predicted octanol–water partition coefficient (Wildman–Crippen LogP) is 3.05. The largest absolute Gasteiger partial charge is 0.351 e. The highest BCUT2D eigenvalue weighted by molar-refractivity contribution is 5.60. The lowest BCUT2D eigenvalue weighted by Gasteiger charge is -2.11. The molecule has 2 aromatic rings. The van der Waals surface area contributed by atoms with Gasteiger partial charge in [0.25, 0.3) is 0 Å². The van der Waals surface area contributed by atoms with E-state index >= 15 is 0 Å². The van der Waals surface area contributed by atoms with Crippen molar-refractivity contribution in [2.45, 2.75) is 33.7 Å². The van der Waals surface area contributed by atoms with E-state index in [2.05, 4.69) is 51.8 Å². The first kappa shape index (κ1) is 13.3. The Labute approximate surface area is 113 Å². The number of nitrogens with one attached hydrogen (secondary N) is 2. The van der Waals surface area contributed by atoms with Crippen molar-refractivity contribution in [1.82, 2.24) is 15.2 Å². The highest BCUT2D eigenvalue weighted by Gasteiger charge is 2.04. The van der Waals surface area contributed by atoms with Gasteiger partial charge >= 0.3 is 0 Å². The molecule has 5 heteroatoms. The zero-order valence-electron chi connectivity index (χ0n) is 11.7. The molecule has 5 nitrogen and oxygen atoms in total. The zero-order chi connectivity index (χ0) is 13.8. The lowest BCUT2D eigenvalue weighted by Crippen LogP contribution is -2.13. The van der Waals surface area contributed by atoms with Crippen molar-refractivity contribution in [1.29, 1.82) is 0 Å². The van der Waals surface area contributed by atoms with Crippen LogP contribution in [0, 0.1) is 13.8 Å². The standard InChI is InChI=1S/C14H19N5/c1-9(2)16-14-18-13(8-15-19-14)17-12-6-5-10(3)7-11(12)4/h5-9H,1-4H3,(H2,16,17,18,19). The van der Waals surface area contributed by atoms with Crippen LogP contribution in [0.4, 0.5) is 17.5 Å². The molecule has 0 spiro atoms. The quantitative estimate of drug-likeness (QED) is 0.881. The third-order valence-corrected chi connectivity index (χ3v) is 2.62. The van der Waals surface area contributed by atoms with Crippen molar-refractivity contribution in [3.05, 3.63) is 35.5 Å². The van der Waals surface area contributed by atoms with Crippen molar-refractivity contribution in [2.75, 3.05) is 10.6 Å². The molecule has 0 aliphatic carbocycles. The van der Waals surface area contributed by atoms with Crippen LogP contribution < -0.4 is 10.6 Å². The predicted molar refractivity (Wildman–Crippen MR) is 77.8 cm³/mol. The molecule has 2 N–H and O–H groups in total. The van der Waals surface area contributed by atoms with E-state index in [9.17, 15) is 0 Å². The molecule has 100 valence electrons. The molecule has 0 radical (unpaired) electrons. The number of aryl methyl sites for hydroxylation is 2. The molecule has 0 saturated carbocycles. The van der Waals surface area contributed by atoms with E-state index in [-0.39, 0.29) is 6.04 Å². The Bertz CT molecular complexity index is 566. The van der Waals surface area contributed by atoms with E-state index in [1.165, 1.54) is 11.1 Å². The minimum Gasteiger partial charge on any atom is -0.351 e. The number of benzene rings is 1. The van der Waals surface area contributed by atoms with Crippen LogP contribution in [0.1, 0.15) is 25.0 Å². The van der Waals surface area contributed by atoms with E-state index in [0.717, 1.165) is 5.69 Å². The first-order valence-electron chi connectivity index (χ1n) is 6.35. The maximum absolute atomic E-state index is 4.38. The molecule has 1 aromatic carbocycles. The van der Waals surface area contributed by atoms with Crippen molar-refractivity contribution in [3.63, 3.8) is 0 Å². The molecular formula is C14H19N5. The second-order valence-corrected chi connectivity index (χ2v) is 4.91. The second kappa shape index (κ2) is 5.65. The number of anilines is 3. The summed E-state index contributed by atoms with van der Waals surface area (Å²) < 4.78 is 0. The van der Waals surface area contributed by atoms with Crippen LogP contribution in [-0.4, -0.2) is 21.2 Å². The van der Waals surface area contributed by atoms with Crippen LogP contribution >= 0.6 is 0 Å². The fourth-order valence-electron chi connectivity index (χ4n) is 1.77. The van der Waals surface area contributed by atoms with E-state index in [4.69, 9.17) is 0 Å². The molecule has 0 aliphatic rings. The van der Waals surface area contributed by atoms with Crippen LogP contribution in [0.3, 0.4) is 0 Å². The number of nitrogens with zero attached hydrogens (tertiary/aromatic N) is 3. The topological polar surface area (TPSA) is 62.7 Å². The van der Waals surface area contributed by atoms with Gasteiger partial charge in [-0.05, 0) is 39.3 Å². The summed E-state index contributed by atoms with van der Waals surface area (Å²) in [6, 6.07) is 6.52. The van der Waals surface area contributed by atoms with Crippen LogP contribution in [0.5, 0.6) is 0 Å². The Morgan fingerprint density at radius 3 is 2.63 bits per heavy atom. The first-order chi connectivity index (χ1) is 9.04. The summed E-state index contributed by atoms with van der Waals surface area (Å²) in [5, 5.41) is 14.3. The zero-order valence-corrected chi connectivity index (χ0v) is 11.7. The minimum absolute atomic E-state index is 0.276. The van der Waals surface area contributed by atoms with Gasteiger partial charge < -0.3 is 10.6 Å². The van der Waals surface area contributed by atoms with Gasteiger partial charge in [0.2, 0.25) is 5.95 Å². The van der Waals surface area contributed by atoms with Crippen LogP contribution in [0.2, 0.25) is 0 Å². The number of rotatable bonds is 4. The lowest BCUT2D eigenvalue weighted by atomic mass is 10.1. The van der Waals surface area contributed by atoms with Crippen LogP contribution in [0.15, 0.2) is 24.4 Å². The minimum atomic E-state index is 0.276. The highest BCUT2D eigenvalue weighted by Crippen LogP contribution is 2.20. The number of aromatic nitrogens is 3. The molecule has 0 bridgehead atoms. The summed E-state index contributed by atoms with van der Waals surface area (Å²) in [5.41, 5.74) is 3.45. The molecule has 19 heavy (non-hydrogen) atoms. The van der Waals surface area contributed by atoms with Gasteiger partial charge in [0.15, 0.2) is 5.82 Å². The van der Waals surface area contributed by atoms with Gasteiger partial charge in [-0.15, -0.1) is 5.10 Å². The normalized spacial score (nSPS) is 10.6. The molecule has 2 rings (SSSR count). The molecular weight excluding hydrogens is 238 g/mol. The summed E-state index contributed by atoms with van der Waals surface area (Å²) in [7, 11) is 0. The van der Waals surface area contributed by atoms with Gasteiger partial charge in [-0.2, -0.15) is 10.1 Å². The molecule has 0 atom stereocenters. The molecule has 0 aliphatic heterocycles.